The number of anilines is 1. The van der Waals surface area contributed by atoms with Gasteiger partial charge in [0, 0.05) is 50.6 Å². The molecular weight excluding hydrogens is 452 g/mol. The van der Waals surface area contributed by atoms with Crippen molar-refractivity contribution in [3.63, 3.8) is 0 Å². The van der Waals surface area contributed by atoms with Crippen LogP contribution in [0.2, 0.25) is 0 Å². The Morgan fingerprint density at radius 2 is 1.72 bits per heavy atom. The fourth-order valence-electron chi connectivity index (χ4n) is 4.97. The van der Waals surface area contributed by atoms with Crippen molar-refractivity contribution in [3.8, 4) is 5.69 Å². The Morgan fingerprint density at radius 1 is 0.972 bits per heavy atom. The van der Waals surface area contributed by atoms with E-state index in [1.807, 2.05) is 31.2 Å². The Hall–Kier alpha value is -3.68. The second kappa shape index (κ2) is 10.5. The summed E-state index contributed by atoms with van der Waals surface area (Å²) < 4.78 is 7.93. The molecule has 1 fully saturated rings. The number of rotatable bonds is 8. The van der Waals surface area contributed by atoms with E-state index in [1.165, 1.54) is 5.69 Å². The number of imidazole rings is 1. The van der Waals surface area contributed by atoms with E-state index in [2.05, 4.69) is 57.7 Å². The maximum Gasteiger partial charge on any atom is 0.335 e. The molecule has 7 nitrogen and oxygen atoms in total. The third-order valence-electron chi connectivity index (χ3n) is 6.87. The molecule has 0 bridgehead atoms. The molecule has 0 amide bonds. The molecule has 0 aliphatic carbocycles. The zero-order valence-electron chi connectivity index (χ0n) is 20.8. The van der Waals surface area contributed by atoms with Gasteiger partial charge in [-0.05, 0) is 55.8 Å². The van der Waals surface area contributed by atoms with Crippen molar-refractivity contribution < 1.29 is 14.6 Å². The lowest BCUT2D eigenvalue weighted by Crippen LogP contribution is -2.50. The monoisotopic (exact) mass is 484 g/mol. The van der Waals surface area contributed by atoms with Crippen LogP contribution in [0.25, 0.3) is 16.7 Å². The van der Waals surface area contributed by atoms with Crippen LogP contribution in [0, 0.1) is 0 Å². The first kappa shape index (κ1) is 24.0. The van der Waals surface area contributed by atoms with Crippen molar-refractivity contribution in [1.29, 1.82) is 0 Å². The average molecular weight is 485 g/mol. The lowest BCUT2D eigenvalue weighted by Gasteiger charge is -2.38. The molecule has 1 aromatic heterocycles. The van der Waals surface area contributed by atoms with Crippen molar-refractivity contribution in [3.05, 3.63) is 89.7 Å². The minimum atomic E-state index is -0.948. The van der Waals surface area contributed by atoms with Crippen molar-refractivity contribution in [2.45, 2.75) is 26.5 Å². The highest BCUT2D eigenvalue weighted by atomic mass is 16.5. The highest BCUT2D eigenvalue weighted by Gasteiger charge is 2.22. The number of carbonyl (C=O) groups is 1. The molecule has 1 aliphatic rings. The van der Waals surface area contributed by atoms with Gasteiger partial charge in [0.15, 0.2) is 0 Å². The Labute approximate surface area is 211 Å². The molecule has 1 N–H and O–H groups in total. The van der Waals surface area contributed by atoms with Gasteiger partial charge >= 0.3 is 5.97 Å². The Bertz CT molecular complexity index is 1340. The van der Waals surface area contributed by atoms with Crippen LogP contribution in [-0.2, 0) is 11.2 Å². The number of carboxylic acid groups (broad SMARTS) is 1. The van der Waals surface area contributed by atoms with Crippen molar-refractivity contribution in [2.24, 2.45) is 0 Å². The van der Waals surface area contributed by atoms with Crippen molar-refractivity contribution >= 4 is 22.7 Å². The predicted octanol–water partition coefficient (Wildman–Crippen LogP) is 4.82. The zero-order chi connectivity index (χ0) is 25.1. The summed E-state index contributed by atoms with van der Waals surface area (Å²) in [7, 11) is 0. The Morgan fingerprint density at radius 3 is 2.44 bits per heavy atom. The van der Waals surface area contributed by atoms with Gasteiger partial charge in [-0.1, -0.05) is 36.4 Å². The van der Waals surface area contributed by atoms with Crippen LogP contribution in [0.1, 0.15) is 35.6 Å². The number of hydrogen-bond donors (Lipinski definition) is 1. The van der Waals surface area contributed by atoms with Crippen LogP contribution < -0.4 is 4.90 Å². The molecule has 3 aromatic carbocycles. The first-order valence-corrected chi connectivity index (χ1v) is 12.5. The fourth-order valence-corrected chi connectivity index (χ4v) is 4.97. The van der Waals surface area contributed by atoms with Crippen LogP contribution in [0.5, 0.6) is 0 Å². The van der Waals surface area contributed by atoms with Crippen LogP contribution >= 0.6 is 0 Å². The predicted molar refractivity (Wildman–Crippen MR) is 142 cm³/mol. The number of aromatic nitrogens is 2. The van der Waals surface area contributed by atoms with E-state index in [-0.39, 0.29) is 11.8 Å². The third-order valence-corrected chi connectivity index (χ3v) is 6.87. The van der Waals surface area contributed by atoms with E-state index in [4.69, 9.17) is 9.72 Å². The summed E-state index contributed by atoms with van der Waals surface area (Å²) in [5.74, 6) is -0.0675. The number of ether oxygens (including phenoxy) is 1. The quantitative estimate of drug-likeness (QED) is 0.387. The van der Waals surface area contributed by atoms with E-state index >= 15 is 0 Å². The number of carboxylic acids is 1. The molecule has 1 saturated heterocycles. The van der Waals surface area contributed by atoms with Gasteiger partial charge < -0.3 is 14.7 Å². The third kappa shape index (κ3) is 4.98. The van der Waals surface area contributed by atoms with Gasteiger partial charge in [0.2, 0.25) is 0 Å². The van der Waals surface area contributed by atoms with Crippen molar-refractivity contribution in [2.75, 3.05) is 37.7 Å². The summed E-state index contributed by atoms with van der Waals surface area (Å²) in [5, 5.41) is 9.48. The second-order valence-corrected chi connectivity index (χ2v) is 9.13. The van der Waals surface area contributed by atoms with Gasteiger partial charge in [0.25, 0.3) is 0 Å². The normalized spacial score (nSPS) is 15.3. The summed E-state index contributed by atoms with van der Waals surface area (Å²) >= 11 is 0. The summed E-state index contributed by atoms with van der Waals surface area (Å²) in [6, 6.07) is 24.0. The summed E-state index contributed by atoms with van der Waals surface area (Å²) in [6.07, 6.45) is 0.785. The van der Waals surface area contributed by atoms with Crippen LogP contribution in [0.15, 0.2) is 72.8 Å². The first-order valence-electron chi connectivity index (χ1n) is 12.5. The number of benzene rings is 3. The second-order valence-electron chi connectivity index (χ2n) is 9.13. The maximum atomic E-state index is 11.6. The van der Waals surface area contributed by atoms with Gasteiger partial charge in [-0.2, -0.15) is 0 Å². The van der Waals surface area contributed by atoms with Gasteiger partial charge in [-0.15, -0.1) is 0 Å². The summed E-state index contributed by atoms with van der Waals surface area (Å²) in [5.41, 5.74) is 5.18. The smallest absolute Gasteiger partial charge is 0.335 e. The highest BCUT2D eigenvalue weighted by Crippen LogP contribution is 2.28. The lowest BCUT2D eigenvalue weighted by atomic mass is 10.1. The fraction of sp³-hybridized carbons (Fsp3) is 0.310. The number of nitrogens with zero attached hydrogens (tertiary/aromatic N) is 4. The lowest BCUT2D eigenvalue weighted by molar-refractivity contribution is -0.0440. The van der Waals surface area contributed by atoms with E-state index < -0.39 is 5.97 Å². The molecule has 1 unspecified atom stereocenters. The average Bonchev–Trinajstić information content (AvgIpc) is 3.26. The highest BCUT2D eigenvalue weighted by molar-refractivity contribution is 5.93. The molecule has 7 heteroatoms. The molecular formula is C29H32N4O3. The molecule has 2 heterocycles. The van der Waals surface area contributed by atoms with E-state index in [0.29, 0.717) is 11.9 Å². The number of fused-ring (bicyclic) bond motifs is 1. The SMILES string of the molecule is CCOC(C)N1CCN(c2cccc(-n3c(Cc4ccccc4)nc4cc(C(=O)O)ccc43)c2)CC1. The number of aromatic carboxylic acids is 1. The topological polar surface area (TPSA) is 70.8 Å². The first-order chi connectivity index (χ1) is 17.5. The molecule has 186 valence electrons. The molecule has 0 spiro atoms. The Kier molecular flexibility index (Phi) is 7.02. The van der Waals surface area contributed by atoms with E-state index in [1.54, 1.807) is 12.1 Å². The van der Waals surface area contributed by atoms with E-state index in [9.17, 15) is 9.90 Å². The maximum absolute atomic E-state index is 11.6. The van der Waals surface area contributed by atoms with Gasteiger partial charge in [0.1, 0.15) is 12.1 Å². The minimum Gasteiger partial charge on any atom is -0.478 e. The van der Waals surface area contributed by atoms with Gasteiger partial charge in [-0.25, -0.2) is 9.78 Å². The van der Waals surface area contributed by atoms with Crippen LogP contribution in [-0.4, -0.2) is 64.5 Å². The molecule has 0 radical (unpaired) electrons. The molecule has 1 atom stereocenters. The molecule has 4 aromatic rings. The molecule has 1 aliphatic heterocycles. The van der Waals surface area contributed by atoms with Crippen LogP contribution in [0.3, 0.4) is 0 Å². The van der Waals surface area contributed by atoms with E-state index in [0.717, 1.165) is 55.4 Å². The molecule has 36 heavy (non-hydrogen) atoms. The number of hydrogen-bond acceptors (Lipinski definition) is 5. The van der Waals surface area contributed by atoms with Crippen LogP contribution in [0.4, 0.5) is 5.69 Å². The summed E-state index contributed by atoms with van der Waals surface area (Å²) in [4.78, 5) is 21.2. The van der Waals surface area contributed by atoms with Gasteiger partial charge in [-0.3, -0.25) is 9.47 Å². The Balaban J connectivity index is 1.49. The van der Waals surface area contributed by atoms with Gasteiger partial charge in [0.05, 0.1) is 16.6 Å². The minimum absolute atomic E-state index is 0.136. The zero-order valence-corrected chi connectivity index (χ0v) is 20.8. The summed E-state index contributed by atoms with van der Waals surface area (Å²) in [6.45, 7) is 8.66. The largest absolute Gasteiger partial charge is 0.478 e. The standard InChI is InChI=1S/C29H32N4O3/c1-3-36-21(2)31-14-16-32(17-15-31)24-10-7-11-25(20-24)33-27-13-12-23(29(34)35)19-26(27)30-28(33)18-22-8-5-4-6-9-22/h4-13,19-21H,3,14-18H2,1-2H3,(H,34,35). The molecule has 0 saturated carbocycles. The molecule has 5 rings (SSSR count). The van der Waals surface area contributed by atoms with Crippen molar-refractivity contribution in [1.82, 2.24) is 14.5 Å². The number of piperazine rings is 1.